The number of halogens is 2. The van der Waals surface area contributed by atoms with E-state index in [0.29, 0.717) is 17.0 Å². The number of aliphatic hydroxyl groups is 1. The minimum atomic E-state index is -1.04. The molecule has 0 bridgehead atoms. The van der Waals surface area contributed by atoms with Gasteiger partial charge in [-0.1, -0.05) is 24.3 Å². The fourth-order valence-electron chi connectivity index (χ4n) is 2.05. The van der Waals surface area contributed by atoms with Crippen LogP contribution in [-0.2, 0) is 6.42 Å². The maximum atomic E-state index is 13.6. The van der Waals surface area contributed by atoms with Gasteiger partial charge in [0.05, 0.1) is 18.9 Å². The second-order valence-electron chi connectivity index (χ2n) is 4.40. The van der Waals surface area contributed by atoms with Gasteiger partial charge in [-0.25, -0.2) is 8.78 Å². The number of hydrogen-bond donors (Lipinski definition) is 2. The lowest BCUT2D eigenvalue weighted by Gasteiger charge is -2.16. The van der Waals surface area contributed by atoms with Crippen LogP contribution in [0.25, 0.3) is 0 Å². The van der Waals surface area contributed by atoms with E-state index in [1.807, 2.05) is 0 Å². The number of nitrogens with two attached hydrogens (primary N) is 1. The van der Waals surface area contributed by atoms with Crippen LogP contribution in [-0.4, -0.2) is 12.2 Å². The number of para-hydroxylation sites is 1. The number of methoxy groups -OCH3 is 1. The Morgan fingerprint density at radius 2 is 1.90 bits per heavy atom. The van der Waals surface area contributed by atoms with Gasteiger partial charge in [0.15, 0.2) is 11.6 Å². The van der Waals surface area contributed by atoms with Crippen LogP contribution in [0.2, 0.25) is 0 Å². The standard InChI is InChI=1S/C15H15F2NO2/c1-20-13-7-3-5-10(15(13)18)12(19)8-9-4-2-6-11(16)14(9)17/h2-7,12,19H,8,18H2,1H3. The summed E-state index contributed by atoms with van der Waals surface area (Å²) in [4.78, 5) is 0. The summed E-state index contributed by atoms with van der Waals surface area (Å²) in [6, 6.07) is 8.82. The zero-order chi connectivity index (χ0) is 14.7. The molecule has 0 heterocycles. The van der Waals surface area contributed by atoms with Crippen LogP contribution >= 0.6 is 0 Å². The fraction of sp³-hybridized carbons (Fsp3) is 0.200. The highest BCUT2D eigenvalue weighted by Crippen LogP contribution is 2.31. The molecule has 5 heteroatoms. The van der Waals surface area contributed by atoms with Crippen molar-refractivity contribution in [1.29, 1.82) is 0 Å². The van der Waals surface area contributed by atoms with Crippen molar-refractivity contribution in [2.45, 2.75) is 12.5 Å². The van der Waals surface area contributed by atoms with Crippen LogP contribution in [0, 0.1) is 11.6 Å². The second-order valence-corrected chi connectivity index (χ2v) is 4.40. The van der Waals surface area contributed by atoms with Gasteiger partial charge < -0.3 is 15.6 Å². The average molecular weight is 279 g/mol. The van der Waals surface area contributed by atoms with Crippen LogP contribution in [0.5, 0.6) is 5.75 Å². The molecule has 2 rings (SSSR count). The zero-order valence-corrected chi connectivity index (χ0v) is 10.9. The quantitative estimate of drug-likeness (QED) is 0.846. The van der Waals surface area contributed by atoms with Crippen molar-refractivity contribution in [3.8, 4) is 5.75 Å². The van der Waals surface area contributed by atoms with Crippen LogP contribution in [0.4, 0.5) is 14.5 Å². The summed E-state index contributed by atoms with van der Waals surface area (Å²) < 4.78 is 31.8. The Morgan fingerprint density at radius 1 is 1.20 bits per heavy atom. The van der Waals surface area contributed by atoms with Crippen molar-refractivity contribution in [3.63, 3.8) is 0 Å². The molecule has 2 aromatic rings. The highest BCUT2D eigenvalue weighted by atomic mass is 19.2. The first-order valence-electron chi connectivity index (χ1n) is 6.08. The van der Waals surface area contributed by atoms with Gasteiger partial charge in [-0.05, 0) is 17.7 Å². The molecule has 0 saturated carbocycles. The largest absolute Gasteiger partial charge is 0.495 e. The summed E-state index contributed by atoms with van der Waals surface area (Å²) in [5.74, 6) is -1.46. The lowest BCUT2D eigenvalue weighted by atomic mass is 9.99. The van der Waals surface area contributed by atoms with E-state index < -0.39 is 17.7 Å². The maximum Gasteiger partial charge on any atom is 0.162 e. The first-order valence-corrected chi connectivity index (χ1v) is 6.08. The molecular formula is C15H15F2NO2. The van der Waals surface area contributed by atoms with E-state index in [4.69, 9.17) is 10.5 Å². The Labute approximate surface area is 115 Å². The SMILES string of the molecule is COc1cccc(C(O)Cc2cccc(F)c2F)c1N. The van der Waals surface area contributed by atoms with Crippen LogP contribution in [0.15, 0.2) is 36.4 Å². The van der Waals surface area contributed by atoms with E-state index in [1.54, 1.807) is 18.2 Å². The summed E-state index contributed by atoms with van der Waals surface area (Å²) in [5, 5.41) is 10.2. The van der Waals surface area contributed by atoms with Gasteiger partial charge in [0.1, 0.15) is 5.75 Å². The molecule has 0 fully saturated rings. The summed E-state index contributed by atoms with van der Waals surface area (Å²) in [6.07, 6.45) is -1.11. The maximum absolute atomic E-state index is 13.6. The highest BCUT2D eigenvalue weighted by molar-refractivity contribution is 5.59. The summed E-state index contributed by atoms with van der Waals surface area (Å²) >= 11 is 0. The number of benzene rings is 2. The third-order valence-electron chi connectivity index (χ3n) is 3.12. The number of anilines is 1. The average Bonchev–Trinajstić information content (AvgIpc) is 2.44. The summed E-state index contributed by atoms with van der Waals surface area (Å²) in [5.41, 5.74) is 6.68. The van der Waals surface area contributed by atoms with Crippen molar-refractivity contribution in [2.24, 2.45) is 0 Å². The van der Waals surface area contributed by atoms with Crippen LogP contribution in [0.1, 0.15) is 17.2 Å². The molecule has 20 heavy (non-hydrogen) atoms. The fourth-order valence-corrected chi connectivity index (χ4v) is 2.05. The number of rotatable bonds is 4. The molecule has 0 aromatic heterocycles. The van der Waals surface area contributed by atoms with E-state index >= 15 is 0 Å². The van der Waals surface area contributed by atoms with Gasteiger partial charge in [-0.3, -0.25) is 0 Å². The second kappa shape index (κ2) is 5.88. The Bertz CT molecular complexity index is 617. The van der Waals surface area contributed by atoms with Gasteiger partial charge >= 0.3 is 0 Å². The number of aliphatic hydroxyl groups excluding tert-OH is 1. The monoisotopic (exact) mass is 279 g/mol. The molecule has 3 N–H and O–H groups in total. The van der Waals surface area contributed by atoms with Crippen molar-refractivity contribution in [2.75, 3.05) is 12.8 Å². The molecule has 0 amide bonds. The zero-order valence-electron chi connectivity index (χ0n) is 10.9. The molecular weight excluding hydrogens is 264 g/mol. The number of nitrogen functional groups attached to an aromatic ring is 1. The topological polar surface area (TPSA) is 55.5 Å². The molecule has 2 aromatic carbocycles. The predicted molar refractivity (Wildman–Crippen MR) is 72.4 cm³/mol. The molecule has 1 unspecified atom stereocenters. The predicted octanol–water partition coefficient (Wildman–Crippen LogP) is 2.83. The molecule has 0 saturated heterocycles. The van der Waals surface area contributed by atoms with E-state index in [-0.39, 0.29) is 12.0 Å². The van der Waals surface area contributed by atoms with Gasteiger partial charge in [0, 0.05) is 12.0 Å². The molecule has 0 radical (unpaired) electrons. The Balaban J connectivity index is 2.28. The lowest BCUT2D eigenvalue weighted by Crippen LogP contribution is -2.08. The molecule has 0 aliphatic heterocycles. The molecule has 0 aliphatic carbocycles. The van der Waals surface area contributed by atoms with E-state index in [9.17, 15) is 13.9 Å². The smallest absolute Gasteiger partial charge is 0.162 e. The third-order valence-corrected chi connectivity index (χ3v) is 3.12. The van der Waals surface area contributed by atoms with Gasteiger partial charge in [-0.2, -0.15) is 0 Å². The number of ether oxygens (including phenoxy) is 1. The summed E-state index contributed by atoms with van der Waals surface area (Å²) in [6.45, 7) is 0. The first kappa shape index (κ1) is 14.3. The Morgan fingerprint density at radius 3 is 2.60 bits per heavy atom. The van der Waals surface area contributed by atoms with Crippen molar-refractivity contribution < 1.29 is 18.6 Å². The molecule has 3 nitrogen and oxygen atoms in total. The van der Waals surface area contributed by atoms with Gasteiger partial charge in [0.2, 0.25) is 0 Å². The van der Waals surface area contributed by atoms with Gasteiger partial charge in [-0.15, -0.1) is 0 Å². The minimum absolute atomic E-state index is 0.0685. The van der Waals surface area contributed by atoms with E-state index in [1.165, 1.54) is 19.2 Å². The van der Waals surface area contributed by atoms with Crippen LogP contribution < -0.4 is 10.5 Å². The highest BCUT2D eigenvalue weighted by Gasteiger charge is 2.17. The first-order chi connectivity index (χ1) is 9.54. The van der Waals surface area contributed by atoms with Crippen molar-refractivity contribution in [1.82, 2.24) is 0 Å². The van der Waals surface area contributed by atoms with Gasteiger partial charge in [0.25, 0.3) is 0 Å². The summed E-state index contributed by atoms with van der Waals surface area (Å²) in [7, 11) is 1.47. The van der Waals surface area contributed by atoms with Crippen molar-refractivity contribution >= 4 is 5.69 Å². The van der Waals surface area contributed by atoms with Crippen molar-refractivity contribution in [3.05, 3.63) is 59.2 Å². The Kier molecular flexibility index (Phi) is 4.20. The molecule has 106 valence electrons. The normalized spacial score (nSPS) is 12.2. The minimum Gasteiger partial charge on any atom is -0.495 e. The molecule has 0 aliphatic rings. The van der Waals surface area contributed by atoms with E-state index in [2.05, 4.69) is 0 Å². The Hall–Kier alpha value is -2.14. The third kappa shape index (κ3) is 2.72. The van der Waals surface area contributed by atoms with E-state index in [0.717, 1.165) is 6.07 Å². The van der Waals surface area contributed by atoms with Crippen LogP contribution in [0.3, 0.4) is 0 Å². The number of hydrogen-bond acceptors (Lipinski definition) is 3. The molecule has 0 spiro atoms. The molecule has 1 atom stereocenters. The lowest BCUT2D eigenvalue weighted by molar-refractivity contribution is 0.177.